The van der Waals surface area contributed by atoms with Crippen LogP contribution in [0.5, 0.6) is 0 Å². The monoisotopic (exact) mass is 285 g/mol. The summed E-state index contributed by atoms with van der Waals surface area (Å²) in [5.41, 5.74) is 7.84. The van der Waals surface area contributed by atoms with Crippen molar-refractivity contribution < 1.29 is 0 Å². The van der Waals surface area contributed by atoms with E-state index in [4.69, 9.17) is 5.73 Å². The number of aromatic nitrogens is 2. The van der Waals surface area contributed by atoms with E-state index in [2.05, 4.69) is 51.7 Å². The molecule has 0 unspecified atom stereocenters. The quantitative estimate of drug-likeness (QED) is 0.817. The molecular weight excluding hydrogens is 266 g/mol. The van der Waals surface area contributed by atoms with E-state index in [1.807, 2.05) is 0 Å². The minimum absolute atomic E-state index is 0.713. The van der Waals surface area contributed by atoms with Crippen LogP contribution in [0.4, 0.5) is 0 Å². The van der Waals surface area contributed by atoms with Crippen LogP contribution in [0.1, 0.15) is 31.7 Å². The highest BCUT2D eigenvalue weighted by Gasteiger charge is 2.11. The molecule has 0 saturated heterocycles. The lowest BCUT2D eigenvalue weighted by Gasteiger charge is -2.01. The number of nitrogens with two attached hydrogens (primary N) is 1. The molecule has 0 aliphatic rings. The maximum atomic E-state index is 5.44. The van der Waals surface area contributed by atoms with Crippen molar-refractivity contribution in [2.75, 3.05) is 6.54 Å². The summed E-state index contributed by atoms with van der Waals surface area (Å²) in [4.78, 5) is 0. The zero-order valence-electron chi connectivity index (χ0n) is 10.0. The topological polar surface area (TPSA) is 43.8 Å². The second-order valence-corrected chi connectivity index (χ2v) is 4.42. The summed E-state index contributed by atoms with van der Waals surface area (Å²) < 4.78 is 3.23. The van der Waals surface area contributed by atoms with Gasteiger partial charge in [0.25, 0.3) is 0 Å². The van der Waals surface area contributed by atoms with E-state index in [9.17, 15) is 0 Å². The van der Waals surface area contributed by atoms with Gasteiger partial charge in [-0.25, -0.2) is 0 Å². The summed E-state index contributed by atoms with van der Waals surface area (Å²) in [5.74, 6) is 0. The van der Waals surface area contributed by atoms with Gasteiger partial charge in [-0.1, -0.05) is 19.1 Å². The number of aryl methyl sites for hydroxylation is 2. The van der Waals surface area contributed by atoms with Crippen LogP contribution in [0.3, 0.4) is 0 Å². The Labute approximate surface area is 106 Å². The Morgan fingerprint density at radius 2 is 2.12 bits per heavy atom. The zero-order valence-corrected chi connectivity index (χ0v) is 11.6. The first-order chi connectivity index (χ1) is 7.74. The fourth-order valence-corrected chi connectivity index (χ4v) is 2.35. The fraction of sp³-hybridized carbons (Fsp3) is 0.583. The molecular formula is C12H20BrN3. The van der Waals surface area contributed by atoms with Gasteiger partial charge in [-0.2, -0.15) is 5.10 Å². The Bertz CT molecular complexity index is 355. The minimum atomic E-state index is 0.713. The molecule has 1 aromatic rings. The molecule has 1 heterocycles. The summed E-state index contributed by atoms with van der Waals surface area (Å²) in [6, 6.07) is 0. The first-order valence-corrected chi connectivity index (χ1v) is 6.62. The van der Waals surface area contributed by atoms with Gasteiger partial charge in [-0.05, 0) is 42.2 Å². The van der Waals surface area contributed by atoms with Crippen molar-refractivity contribution in [3.05, 3.63) is 28.0 Å². The van der Waals surface area contributed by atoms with E-state index >= 15 is 0 Å². The number of allylic oxidation sites excluding steroid dienone is 1. The average Bonchev–Trinajstić information content (AvgIpc) is 2.61. The van der Waals surface area contributed by atoms with Crippen LogP contribution in [-0.4, -0.2) is 16.3 Å². The summed E-state index contributed by atoms with van der Waals surface area (Å²) in [6.07, 6.45) is 7.12. The molecule has 0 radical (unpaired) electrons. The van der Waals surface area contributed by atoms with Crippen molar-refractivity contribution in [1.29, 1.82) is 0 Å². The number of rotatable bonds is 6. The number of halogens is 1. The van der Waals surface area contributed by atoms with Gasteiger partial charge in [0, 0.05) is 13.0 Å². The Balaban J connectivity index is 2.80. The van der Waals surface area contributed by atoms with Crippen LogP contribution in [0.15, 0.2) is 16.6 Å². The lowest BCUT2D eigenvalue weighted by Crippen LogP contribution is -2.02. The fourth-order valence-electron chi connectivity index (χ4n) is 1.62. The molecule has 0 atom stereocenters. The summed E-state index contributed by atoms with van der Waals surface area (Å²) in [6.45, 7) is 5.87. The first-order valence-electron chi connectivity index (χ1n) is 5.83. The molecule has 0 aliphatic carbocycles. The molecule has 3 nitrogen and oxygen atoms in total. The highest BCUT2D eigenvalue weighted by atomic mass is 79.9. The molecule has 0 amide bonds. The third-order valence-electron chi connectivity index (χ3n) is 2.51. The highest BCUT2D eigenvalue weighted by molar-refractivity contribution is 9.10. The Morgan fingerprint density at radius 3 is 2.69 bits per heavy atom. The van der Waals surface area contributed by atoms with E-state index < -0.39 is 0 Å². The molecule has 1 aromatic heterocycles. The smallest absolute Gasteiger partial charge is 0.0766 e. The molecule has 4 heteroatoms. The first kappa shape index (κ1) is 13.5. The van der Waals surface area contributed by atoms with Gasteiger partial charge in [0.05, 0.1) is 15.9 Å². The van der Waals surface area contributed by atoms with Crippen molar-refractivity contribution >= 4 is 15.9 Å². The van der Waals surface area contributed by atoms with Gasteiger partial charge >= 0.3 is 0 Å². The van der Waals surface area contributed by atoms with Gasteiger partial charge in [0.1, 0.15) is 0 Å². The number of hydrogen-bond acceptors (Lipinski definition) is 2. The predicted octanol–water partition coefficient (Wildman–Crippen LogP) is 2.68. The van der Waals surface area contributed by atoms with Gasteiger partial charge in [0.15, 0.2) is 0 Å². The maximum Gasteiger partial charge on any atom is 0.0766 e. The molecule has 0 fully saturated rings. The van der Waals surface area contributed by atoms with Crippen molar-refractivity contribution in [1.82, 2.24) is 9.78 Å². The van der Waals surface area contributed by atoms with E-state index in [1.165, 1.54) is 5.69 Å². The Kier molecular flexibility index (Phi) is 5.77. The third-order valence-corrected chi connectivity index (χ3v) is 3.42. The maximum absolute atomic E-state index is 5.44. The molecule has 16 heavy (non-hydrogen) atoms. The van der Waals surface area contributed by atoms with Gasteiger partial charge < -0.3 is 5.73 Å². The molecule has 0 spiro atoms. The number of nitrogens with zero attached hydrogens (tertiary/aromatic N) is 2. The predicted molar refractivity (Wildman–Crippen MR) is 71.5 cm³/mol. The van der Waals surface area contributed by atoms with E-state index in [0.29, 0.717) is 6.54 Å². The Morgan fingerprint density at radius 1 is 1.38 bits per heavy atom. The molecule has 90 valence electrons. The van der Waals surface area contributed by atoms with Crippen molar-refractivity contribution in [2.24, 2.45) is 5.73 Å². The zero-order chi connectivity index (χ0) is 12.0. The van der Waals surface area contributed by atoms with Crippen LogP contribution < -0.4 is 5.73 Å². The van der Waals surface area contributed by atoms with Crippen molar-refractivity contribution in [2.45, 2.75) is 39.7 Å². The van der Waals surface area contributed by atoms with Crippen LogP contribution in [0.25, 0.3) is 0 Å². The van der Waals surface area contributed by atoms with E-state index in [-0.39, 0.29) is 0 Å². The second-order valence-electron chi connectivity index (χ2n) is 3.63. The lowest BCUT2D eigenvalue weighted by atomic mass is 10.2. The molecule has 0 aromatic carbocycles. The summed E-state index contributed by atoms with van der Waals surface area (Å²) in [7, 11) is 0. The van der Waals surface area contributed by atoms with Crippen LogP contribution in [0.2, 0.25) is 0 Å². The molecule has 0 aliphatic heterocycles. The minimum Gasteiger partial charge on any atom is -0.330 e. The van der Waals surface area contributed by atoms with Gasteiger partial charge in [-0.15, -0.1) is 0 Å². The van der Waals surface area contributed by atoms with Crippen molar-refractivity contribution in [3.8, 4) is 0 Å². The molecule has 0 bridgehead atoms. The average molecular weight is 286 g/mol. The van der Waals surface area contributed by atoms with E-state index in [1.54, 1.807) is 0 Å². The molecule has 2 N–H and O–H groups in total. The largest absolute Gasteiger partial charge is 0.330 e. The van der Waals surface area contributed by atoms with Gasteiger partial charge in [-0.3, -0.25) is 4.68 Å². The van der Waals surface area contributed by atoms with Crippen molar-refractivity contribution in [3.63, 3.8) is 0 Å². The highest BCUT2D eigenvalue weighted by Crippen LogP contribution is 2.22. The molecule has 0 saturated carbocycles. The molecule has 1 rings (SSSR count). The normalized spacial score (nSPS) is 11.5. The van der Waals surface area contributed by atoms with Crippen LogP contribution in [0, 0.1) is 0 Å². The Hall–Kier alpha value is -0.610. The summed E-state index contributed by atoms with van der Waals surface area (Å²) >= 11 is 3.63. The standard InChI is InChI=1S/C12H20BrN3/c1-3-10-12(13)11(16(4-2)15-10)8-6-5-7-9-14/h5-6H,3-4,7-9,14H2,1-2H3. The van der Waals surface area contributed by atoms with Crippen LogP contribution in [-0.2, 0) is 19.4 Å². The lowest BCUT2D eigenvalue weighted by molar-refractivity contribution is 0.622. The van der Waals surface area contributed by atoms with Gasteiger partial charge in [0.2, 0.25) is 0 Å². The number of hydrogen-bond donors (Lipinski definition) is 1. The summed E-state index contributed by atoms with van der Waals surface area (Å²) in [5, 5.41) is 4.56. The van der Waals surface area contributed by atoms with Crippen LogP contribution >= 0.6 is 15.9 Å². The van der Waals surface area contributed by atoms with E-state index in [0.717, 1.165) is 36.0 Å². The SMILES string of the molecule is CCc1nn(CC)c(CC=CCCN)c1Br. The second kappa shape index (κ2) is 6.86. The third kappa shape index (κ3) is 3.19.